The molecule has 0 radical (unpaired) electrons. The second kappa shape index (κ2) is 4.64. The van der Waals surface area contributed by atoms with E-state index >= 15 is 0 Å². The summed E-state index contributed by atoms with van der Waals surface area (Å²) in [5.41, 5.74) is 2.10. The second-order valence-electron chi connectivity index (χ2n) is 3.97. The molecule has 0 aliphatic rings. The predicted octanol–water partition coefficient (Wildman–Crippen LogP) is 2.25. The third-order valence-corrected chi connectivity index (χ3v) is 3.87. The van der Waals surface area contributed by atoms with Gasteiger partial charge in [0.1, 0.15) is 16.1 Å². The average Bonchev–Trinajstić information content (AvgIpc) is 2.40. The second-order valence-corrected chi connectivity index (χ2v) is 4.38. The van der Waals surface area contributed by atoms with E-state index in [1.54, 1.807) is 0 Å². The van der Waals surface area contributed by atoms with Crippen molar-refractivity contribution < 1.29 is 4.43 Å². The lowest BCUT2D eigenvalue weighted by atomic mass is 9.88. The fourth-order valence-corrected chi connectivity index (χ4v) is 2.39. The third-order valence-electron chi connectivity index (χ3n) is 3.06. The summed E-state index contributed by atoms with van der Waals surface area (Å²) in [4.78, 5) is 0. The van der Waals surface area contributed by atoms with Crippen LogP contribution in [-0.2, 0) is 10.0 Å². The van der Waals surface area contributed by atoms with Gasteiger partial charge < -0.3 is 4.43 Å². The quantitative estimate of drug-likeness (QED) is 0.732. The van der Waals surface area contributed by atoms with Crippen molar-refractivity contribution in [3.63, 3.8) is 0 Å². The van der Waals surface area contributed by atoms with E-state index < -0.39 is 0 Å². The number of hydrogen-bond acceptors (Lipinski definition) is 1. The van der Waals surface area contributed by atoms with E-state index in [4.69, 9.17) is 4.43 Å². The maximum atomic E-state index is 5.85. The zero-order chi connectivity index (χ0) is 11.4. The first kappa shape index (κ1) is 11.1. The van der Waals surface area contributed by atoms with E-state index in [9.17, 15) is 0 Å². The van der Waals surface area contributed by atoms with Gasteiger partial charge in [-0.3, -0.25) is 0 Å². The van der Waals surface area contributed by atoms with Gasteiger partial charge in [0.15, 0.2) is 0 Å². The van der Waals surface area contributed by atoms with E-state index in [-0.39, 0.29) is 5.60 Å². The summed E-state index contributed by atoms with van der Waals surface area (Å²) in [7, 11) is 0.716. The molecule has 16 heavy (non-hydrogen) atoms. The van der Waals surface area contributed by atoms with E-state index in [2.05, 4.69) is 55.5 Å². The highest BCUT2D eigenvalue weighted by Gasteiger charge is 2.27. The molecule has 0 saturated carbocycles. The van der Waals surface area contributed by atoms with Gasteiger partial charge >= 0.3 is 0 Å². The van der Waals surface area contributed by atoms with Crippen LogP contribution >= 0.6 is 0 Å². The Morgan fingerprint density at radius 1 is 0.812 bits per heavy atom. The summed E-state index contributed by atoms with van der Waals surface area (Å²) >= 11 is 0. The molecule has 0 N–H and O–H groups in total. The van der Waals surface area contributed by atoms with Crippen LogP contribution in [0.5, 0.6) is 0 Å². The molecule has 0 atom stereocenters. The number of benzene rings is 2. The van der Waals surface area contributed by atoms with Crippen molar-refractivity contribution in [2.24, 2.45) is 0 Å². The first-order chi connectivity index (χ1) is 7.77. The Hall–Kier alpha value is -1.38. The lowest BCUT2D eigenvalue weighted by Gasteiger charge is -2.30. The predicted molar refractivity (Wildman–Crippen MR) is 70.4 cm³/mol. The lowest BCUT2D eigenvalue weighted by Crippen LogP contribution is -2.26. The Balaban J connectivity index is 2.49. The summed E-state index contributed by atoms with van der Waals surface area (Å²) in [5.74, 6) is 0. The summed E-state index contributed by atoms with van der Waals surface area (Å²) in [6.45, 7) is 2.13. The Labute approximate surface area is 99.6 Å². The van der Waals surface area contributed by atoms with E-state index in [0.29, 0.717) is 10.5 Å². The molecule has 0 aliphatic carbocycles. The van der Waals surface area contributed by atoms with Gasteiger partial charge in [-0.2, -0.15) is 0 Å². The highest BCUT2D eigenvalue weighted by atomic mass is 28.2. The molecule has 2 rings (SSSR count). The molecule has 2 aromatic carbocycles. The minimum absolute atomic E-state index is 0.311. The fourth-order valence-electron chi connectivity index (χ4n) is 1.91. The highest BCUT2D eigenvalue weighted by Crippen LogP contribution is 2.31. The Morgan fingerprint density at radius 2 is 1.19 bits per heavy atom. The zero-order valence-corrected chi connectivity index (χ0v) is 11.7. The molecule has 82 valence electrons. The van der Waals surface area contributed by atoms with Crippen LogP contribution < -0.4 is 0 Å². The minimum atomic E-state index is -0.311. The van der Waals surface area contributed by atoms with Gasteiger partial charge in [-0.1, -0.05) is 60.7 Å². The van der Waals surface area contributed by atoms with Gasteiger partial charge in [0.2, 0.25) is 0 Å². The maximum Gasteiger partial charge on any atom is 0.147 e. The van der Waals surface area contributed by atoms with Crippen LogP contribution in [0.2, 0.25) is 0 Å². The molecule has 0 amide bonds. The maximum absolute atomic E-state index is 5.85. The van der Waals surface area contributed by atoms with Crippen molar-refractivity contribution in [1.82, 2.24) is 0 Å². The first-order valence-corrected chi connectivity index (χ1v) is 6.25. The monoisotopic (exact) mass is 228 g/mol. The van der Waals surface area contributed by atoms with Crippen LogP contribution in [0.3, 0.4) is 0 Å². The van der Waals surface area contributed by atoms with Crippen LogP contribution in [-0.4, -0.2) is 10.5 Å². The molecule has 0 aromatic heterocycles. The van der Waals surface area contributed by atoms with Gasteiger partial charge in [-0.15, -0.1) is 0 Å². The molecule has 0 heterocycles. The first-order valence-electron chi connectivity index (χ1n) is 5.43. The summed E-state index contributed by atoms with van der Waals surface area (Å²) in [6, 6.07) is 20.7. The summed E-state index contributed by atoms with van der Waals surface area (Å²) in [6.07, 6.45) is 0. The molecule has 0 bridgehead atoms. The van der Waals surface area contributed by atoms with Crippen molar-refractivity contribution >= 4 is 10.5 Å². The highest BCUT2D eigenvalue weighted by molar-refractivity contribution is 5.98. The molecule has 0 fully saturated rings. The normalized spacial score (nSPS) is 11.6. The van der Waals surface area contributed by atoms with Crippen LogP contribution in [0.25, 0.3) is 0 Å². The third kappa shape index (κ3) is 1.94. The lowest BCUT2D eigenvalue weighted by molar-refractivity contribution is 0.148. The SMILES string of the molecule is CC(O[SiH3])(c1ccccc1)c1ccccc1. The van der Waals surface area contributed by atoms with E-state index in [1.165, 1.54) is 11.1 Å². The molecule has 0 spiro atoms. The molecular weight excluding hydrogens is 212 g/mol. The molecule has 2 aromatic rings. The van der Waals surface area contributed by atoms with Crippen LogP contribution in [0, 0.1) is 0 Å². The van der Waals surface area contributed by atoms with Crippen molar-refractivity contribution in [3.8, 4) is 0 Å². The van der Waals surface area contributed by atoms with Crippen molar-refractivity contribution in [2.45, 2.75) is 12.5 Å². The number of hydrogen-bond donors (Lipinski definition) is 0. The molecular formula is C14H16OSi. The van der Waals surface area contributed by atoms with Gasteiger partial charge in [-0.05, 0) is 18.1 Å². The zero-order valence-electron chi connectivity index (χ0n) is 9.68. The summed E-state index contributed by atoms with van der Waals surface area (Å²) < 4.78 is 5.85. The van der Waals surface area contributed by atoms with E-state index in [1.807, 2.05) is 12.1 Å². The smallest absolute Gasteiger partial charge is 0.147 e. The van der Waals surface area contributed by atoms with E-state index in [0.717, 1.165) is 0 Å². The van der Waals surface area contributed by atoms with Gasteiger partial charge in [0.25, 0.3) is 0 Å². The van der Waals surface area contributed by atoms with Crippen LogP contribution in [0.1, 0.15) is 18.1 Å². The Kier molecular flexibility index (Phi) is 3.22. The Bertz CT molecular complexity index is 399. The fraction of sp³-hybridized carbons (Fsp3) is 0.143. The van der Waals surface area contributed by atoms with Crippen molar-refractivity contribution in [3.05, 3.63) is 71.8 Å². The van der Waals surface area contributed by atoms with Gasteiger partial charge in [-0.25, -0.2) is 0 Å². The topological polar surface area (TPSA) is 9.23 Å². The van der Waals surface area contributed by atoms with Crippen molar-refractivity contribution in [2.75, 3.05) is 0 Å². The summed E-state index contributed by atoms with van der Waals surface area (Å²) in [5, 5.41) is 0. The van der Waals surface area contributed by atoms with Gasteiger partial charge in [0, 0.05) is 0 Å². The average molecular weight is 228 g/mol. The van der Waals surface area contributed by atoms with Crippen molar-refractivity contribution in [1.29, 1.82) is 0 Å². The van der Waals surface area contributed by atoms with Crippen LogP contribution in [0.4, 0.5) is 0 Å². The molecule has 1 nitrogen and oxygen atoms in total. The molecule has 0 unspecified atom stereocenters. The molecule has 0 saturated heterocycles. The van der Waals surface area contributed by atoms with Gasteiger partial charge in [0.05, 0.1) is 0 Å². The van der Waals surface area contributed by atoms with Crippen LogP contribution in [0.15, 0.2) is 60.7 Å². The largest absolute Gasteiger partial charge is 0.415 e. The Morgan fingerprint density at radius 3 is 1.50 bits per heavy atom. The molecule has 0 aliphatic heterocycles. The minimum Gasteiger partial charge on any atom is -0.415 e. The number of rotatable bonds is 3. The standard InChI is InChI=1S/C14H16OSi/c1-14(15-16,12-8-4-2-5-9-12)13-10-6-3-7-11-13/h2-11H,1,16H3. The molecule has 2 heteroatoms.